The second-order valence-corrected chi connectivity index (χ2v) is 6.96. The third kappa shape index (κ3) is 2.45. The van der Waals surface area contributed by atoms with Crippen LogP contribution in [0.15, 0.2) is 4.79 Å². The van der Waals surface area contributed by atoms with E-state index in [2.05, 4.69) is 10.3 Å². The summed E-state index contributed by atoms with van der Waals surface area (Å²) in [4.78, 5) is 31.1. The van der Waals surface area contributed by atoms with E-state index in [4.69, 9.17) is 0 Å². The molecule has 1 aliphatic heterocycles. The Kier molecular flexibility index (Phi) is 4.04. The molecule has 1 N–H and O–H groups in total. The maximum Gasteiger partial charge on any atom is 0.262 e. The molecule has 3 rings (SSSR count). The van der Waals surface area contributed by atoms with Gasteiger partial charge in [-0.05, 0) is 38.7 Å². The smallest absolute Gasteiger partial charge is 0.262 e. The third-order valence-corrected chi connectivity index (χ3v) is 5.54. The molecule has 22 heavy (non-hydrogen) atoms. The van der Waals surface area contributed by atoms with Crippen LogP contribution in [-0.4, -0.2) is 21.5 Å². The lowest BCUT2D eigenvalue weighted by Crippen LogP contribution is -2.31. The van der Waals surface area contributed by atoms with Gasteiger partial charge in [-0.15, -0.1) is 11.3 Å². The van der Waals surface area contributed by atoms with Crippen molar-refractivity contribution in [2.24, 2.45) is 0 Å². The molecule has 118 valence electrons. The van der Waals surface area contributed by atoms with Crippen LogP contribution < -0.4 is 10.9 Å². The van der Waals surface area contributed by atoms with Crippen LogP contribution in [0.4, 0.5) is 0 Å². The van der Waals surface area contributed by atoms with Crippen molar-refractivity contribution >= 4 is 27.5 Å². The van der Waals surface area contributed by atoms with Gasteiger partial charge in [-0.2, -0.15) is 0 Å². The van der Waals surface area contributed by atoms with Gasteiger partial charge in [-0.3, -0.25) is 14.2 Å². The maximum absolute atomic E-state index is 12.7. The summed E-state index contributed by atoms with van der Waals surface area (Å²) in [5.41, 5.74) is 0.773. The lowest BCUT2D eigenvalue weighted by atomic mass is 10.1. The fourth-order valence-corrected chi connectivity index (χ4v) is 3.93. The van der Waals surface area contributed by atoms with Gasteiger partial charge in [0.1, 0.15) is 10.7 Å². The summed E-state index contributed by atoms with van der Waals surface area (Å²) in [6.45, 7) is 6.60. The molecule has 1 atom stereocenters. The number of fused-ring (bicyclic) bond motifs is 2. The Morgan fingerprint density at radius 3 is 2.95 bits per heavy atom. The zero-order valence-corrected chi connectivity index (χ0v) is 14.0. The SMILES string of the molecule is CC[C@H](C)NC(=O)c1sc2nc3n(c(=O)c2c1C)CCCC3. The molecule has 2 aromatic heterocycles. The van der Waals surface area contributed by atoms with Crippen LogP contribution in [0.3, 0.4) is 0 Å². The fraction of sp³-hybridized carbons (Fsp3) is 0.562. The Bertz CT molecular complexity index is 791. The molecule has 5 nitrogen and oxygen atoms in total. The number of carbonyl (C=O) groups excluding carboxylic acids is 1. The van der Waals surface area contributed by atoms with Crippen LogP contribution >= 0.6 is 11.3 Å². The van der Waals surface area contributed by atoms with E-state index < -0.39 is 0 Å². The number of carbonyl (C=O) groups is 1. The number of aryl methyl sites for hydroxylation is 2. The van der Waals surface area contributed by atoms with Crippen molar-refractivity contribution in [3.63, 3.8) is 0 Å². The molecule has 1 aliphatic rings. The average molecular weight is 319 g/mol. The van der Waals surface area contributed by atoms with E-state index in [9.17, 15) is 9.59 Å². The monoisotopic (exact) mass is 319 g/mol. The third-order valence-electron chi connectivity index (χ3n) is 4.36. The summed E-state index contributed by atoms with van der Waals surface area (Å²) in [6, 6.07) is 0.124. The molecule has 0 unspecified atom stereocenters. The van der Waals surface area contributed by atoms with Gasteiger partial charge in [0.25, 0.3) is 11.5 Å². The van der Waals surface area contributed by atoms with Gasteiger partial charge >= 0.3 is 0 Å². The van der Waals surface area contributed by atoms with Crippen molar-refractivity contribution in [1.29, 1.82) is 0 Å². The highest BCUT2D eigenvalue weighted by Gasteiger charge is 2.22. The lowest BCUT2D eigenvalue weighted by Gasteiger charge is -2.16. The Labute approximate surface area is 133 Å². The second kappa shape index (κ2) is 5.83. The van der Waals surface area contributed by atoms with Gasteiger partial charge < -0.3 is 5.32 Å². The summed E-state index contributed by atoms with van der Waals surface area (Å²) >= 11 is 1.33. The minimum Gasteiger partial charge on any atom is -0.349 e. The quantitative estimate of drug-likeness (QED) is 0.946. The maximum atomic E-state index is 12.7. The number of amides is 1. The Morgan fingerprint density at radius 1 is 1.45 bits per heavy atom. The van der Waals surface area contributed by atoms with Crippen molar-refractivity contribution in [1.82, 2.24) is 14.9 Å². The molecule has 0 saturated carbocycles. The second-order valence-electron chi connectivity index (χ2n) is 5.96. The average Bonchev–Trinajstić information content (AvgIpc) is 2.84. The molecule has 0 saturated heterocycles. The largest absolute Gasteiger partial charge is 0.349 e. The van der Waals surface area contributed by atoms with Crippen molar-refractivity contribution < 1.29 is 4.79 Å². The molecule has 0 aliphatic carbocycles. The van der Waals surface area contributed by atoms with Crippen LogP contribution in [-0.2, 0) is 13.0 Å². The number of thiophene rings is 1. The zero-order valence-electron chi connectivity index (χ0n) is 13.2. The Balaban J connectivity index is 2.11. The van der Waals surface area contributed by atoms with Crippen molar-refractivity contribution in [3.05, 3.63) is 26.6 Å². The Hall–Kier alpha value is -1.69. The molecule has 1 amide bonds. The molecule has 2 aromatic rings. The van der Waals surface area contributed by atoms with Gasteiger partial charge in [-0.1, -0.05) is 6.92 Å². The first-order valence-electron chi connectivity index (χ1n) is 7.86. The lowest BCUT2D eigenvalue weighted by molar-refractivity contribution is 0.0943. The van der Waals surface area contributed by atoms with E-state index >= 15 is 0 Å². The number of hydrogen-bond donors (Lipinski definition) is 1. The van der Waals surface area contributed by atoms with Crippen molar-refractivity contribution in [3.8, 4) is 0 Å². The number of nitrogens with one attached hydrogen (secondary N) is 1. The van der Waals surface area contributed by atoms with E-state index in [1.54, 1.807) is 4.57 Å². The summed E-state index contributed by atoms with van der Waals surface area (Å²) in [7, 11) is 0. The minimum atomic E-state index is -0.0998. The molecule has 0 radical (unpaired) electrons. The topological polar surface area (TPSA) is 64.0 Å². The standard InChI is InChI=1S/C16H21N3O2S/c1-4-9(2)17-14(20)13-10(3)12-15(22-13)18-11-7-5-6-8-19(11)16(12)21/h9H,4-8H2,1-3H3,(H,17,20)/t9-/m0/s1. The highest BCUT2D eigenvalue weighted by atomic mass is 32.1. The molecule has 3 heterocycles. The van der Waals surface area contributed by atoms with E-state index in [1.807, 2.05) is 20.8 Å². The molecular formula is C16H21N3O2S. The summed E-state index contributed by atoms with van der Waals surface area (Å²) < 4.78 is 1.78. The molecule has 0 aromatic carbocycles. The van der Waals surface area contributed by atoms with Crippen molar-refractivity contribution in [2.45, 2.75) is 59.0 Å². The van der Waals surface area contributed by atoms with Crippen LogP contribution in [0, 0.1) is 6.92 Å². The van der Waals surface area contributed by atoms with Crippen LogP contribution in [0.5, 0.6) is 0 Å². The summed E-state index contributed by atoms with van der Waals surface area (Å²) in [5.74, 6) is 0.760. The highest BCUT2D eigenvalue weighted by Crippen LogP contribution is 2.28. The predicted octanol–water partition coefficient (Wildman–Crippen LogP) is 2.63. The number of nitrogens with zero attached hydrogens (tertiary/aromatic N) is 2. The molecule has 0 bridgehead atoms. The zero-order chi connectivity index (χ0) is 15.9. The summed E-state index contributed by atoms with van der Waals surface area (Å²) in [5, 5.41) is 3.59. The van der Waals surface area contributed by atoms with Crippen LogP contribution in [0.25, 0.3) is 10.2 Å². The van der Waals surface area contributed by atoms with Gasteiger partial charge in [0.2, 0.25) is 0 Å². The number of aromatic nitrogens is 2. The molecule has 0 fully saturated rings. The van der Waals surface area contributed by atoms with Crippen molar-refractivity contribution in [2.75, 3.05) is 0 Å². The van der Waals surface area contributed by atoms with Gasteiger partial charge in [0.15, 0.2) is 0 Å². The van der Waals surface area contributed by atoms with E-state index in [0.29, 0.717) is 15.1 Å². The predicted molar refractivity (Wildman–Crippen MR) is 88.8 cm³/mol. The minimum absolute atomic E-state index is 0.0102. The normalized spacial score (nSPS) is 15.6. The summed E-state index contributed by atoms with van der Waals surface area (Å²) in [6.07, 6.45) is 3.82. The number of rotatable bonds is 3. The fourth-order valence-electron chi connectivity index (χ4n) is 2.84. The van der Waals surface area contributed by atoms with Gasteiger partial charge in [0.05, 0.1) is 10.3 Å². The van der Waals surface area contributed by atoms with Gasteiger partial charge in [0, 0.05) is 19.0 Å². The first-order valence-corrected chi connectivity index (χ1v) is 8.68. The molecule has 6 heteroatoms. The van der Waals surface area contributed by atoms with E-state index in [1.165, 1.54) is 11.3 Å². The molecule has 0 spiro atoms. The Morgan fingerprint density at radius 2 is 2.23 bits per heavy atom. The van der Waals surface area contributed by atoms with Crippen LogP contribution in [0.2, 0.25) is 0 Å². The highest BCUT2D eigenvalue weighted by molar-refractivity contribution is 7.20. The number of hydrogen-bond acceptors (Lipinski definition) is 4. The first-order chi connectivity index (χ1) is 10.5. The first kappa shape index (κ1) is 15.2. The van der Waals surface area contributed by atoms with E-state index in [-0.39, 0.29) is 17.5 Å². The van der Waals surface area contributed by atoms with Gasteiger partial charge in [-0.25, -0.2) is 4.98 Å². The van der Waals surface area contributed by atoms with Crippen LogP contribution in [0.1, 0.15) is 54.2 Å². The van der Waals surface area contributed by atoms with E-state index in [0.717, 1.165) is 43.6 Å². The molecular weight excluding hydrogens is 298 g/mol.